The molecule has 2 rings (SSSR count). The van der Waals surface area contributed by atoms with E-state index in [2.05, 4.69) is 133 Å². The summed E-state index contributed by atoms with van der Waals surface area (Å²) in [5, 5.41) is 0. The van der Waals surface area contributed by atoms with Crippen molar-refractivity contribution in [2.45, 2.75) is 79.2 Å². The van der Waals surface area contributed by atoms with Crippen molar-refractivity contribution in [1.29, 1.82) is 0 Å². The quantitative estimate of drug-likeness (QED) is 0.144. The largest absolute Gasteiger partial charge is 0.341 e. The van der Waals surface area contributed by atoms with Crippen LogP contribution in [0.5, 0.6) is 0 Å². The third kappa shape index (κ3) is 9.87. The number of hydrogen-bond acceptors (Lipinski definition) is 1. The van der Waals surface area contributed by atoms with Gasteiger partial charge in [-0.15, -0.1) is 6.58 Å². The number of aryl methyl sites for hydroxylation is 1. The predicted molar refractivity (Wildman–Crippen MR) is 181 cm³/mol. The second kappa shape index (κ2) is 17.2. The van der Waals surface area contributed by atoms with E-state index in [1.165, 1.54) is 51.8 Å². The number of benzene rings is 2. The smallest absolute Gasteiger partial charge is 0.0491 e. The summed E-state index contributed by atoms with van der Waals surface area (Å²) < 4.78 is 0. The van der Waals surface area contributed by atoms with Crippen molar-refractivity contribution >= 4 is 11.3 Å². The van der Waals surface area contributed by atoms with Gasteiger partial charge in [0.1, 0.15) is 0 Å². The maximum atomic E-state index is 4.52. The van der Waals surface area contributed by atoms with Crippen LogP contribution in [-0.2, 0) is 6.42 Å². The number of nitrogens with zero attached hydrogens (tertiary/aromatic N) is 1. The maximum Gasteiger partial charge on any atom is 0.0491 e. The van der Waals surface area contributed by atoms with Gasteiger partial charge in [-0.2, -0.15) is 0 Å². The van der Waals surface area contributed by atoms with Crippen molar-refractivity contribution in [2.75, 3.05) is 4.90 Å². The molecule has 0 spiro atoms. The highest BCUT2D eigenvalue weighted by Gasteiger charge is 2.14. The van der Waals surface area contributed by atoms with Gasteiger partial charge in [-0.05, 0) is 105 Å². The van der Waals surface area contributed by atoms with Gasteiger partial charge in [0.05, 0.1) is 0 Å². The molecule has 40 heavy (non-hydrogen) atoms. The third-order valence-corrected chi connectivity index (χ3v) is 7.80. The van der Waals surface area contributed by atoms with E-state index in [1.54, 1.807) is 0 Å². The SMILES string of the molecule is C=C/C=C/N(c1ccc(CC=C)c(C)c1)C(C)/C=C\C(=C(/C)C(=C)CCC(C)C(=C)CCCC)c1ccccc1. The molecule has 0 fully saturated rings. The first-order chi connectivity index (χ1) is 19.2. The van der Waals surface area contributed by atoms with E-state index < -0.39 is 0 Å². The van der Waals surface area contributed by atoms with E-state index in [0.29, 0.717) is 5.92 Å². The van der Waals surface area contributed by atoms with Crippen molar-refractivity contribution in [3.63, 3.8) is 0 Å². The van der Waals surface area contributed by atoms with E-state index in [9.17, 15) is 0 Å². The highest BCUT2D eigenvalue weighted by Crippen LogP contribution is 2.30. The maximum absolute atomic E-state index is 4.52. The van der Waals surface area contributed by atoms with Crippen LogP contribution in [0, 0.1) is 12.8 Å². The molecule has 0 saturated carbocycles. The van der Waals surface area contributed by atoms with Crippen LogP contribution in [0.15, 0.2) is 128 Å². The predicted octanol–water partition coefficient (Wildman–Crippen LogP) is 11.4. The number of allylic oxidation sites excluding steroid dienone is 8. The first kappa shape index (κ1) is 32.6. The molecule has 0 amide bonds. The molecule has 0 aliphatic rings. The molecule has 0 aliphatic heterocycles. The zero-order chi connectivity index (χ0) is 29.5. The first-order valence-electron chi connectivity index (χ1n) is 14.8. The van der Waals surface area contributed by atoms with Crippen LogP contribution < -0.4 is 4.90 Å². The molecule has 0 radical (unpaired) electrons. The normalized spacial score (nSPS) is 13.6. The van der Waals surface area contributed by atoms with Gasteiger partial charge in [0.2, 0.25) is 0 Å². The fourth-order valence-corrected chi connectivity index (χ4v) is 4.84. The Kier molecular flexibility index (Phi) is 14.0. The van der Waals surface area contributed by atoms with E-state index in [4.69, 9.17) is 0 Å². The summed E-state index contributed by atoms with van der Waals surface area (Å²) in [4.78, 5) is 2.29. The number of rotatable bonds is 17. The van der Waals surface area contributed by atoms with Gasteiger partial charge in [-0.25, -0.2) is 0 Å². The Labute approximate surface area is 245 Å². The molecule has 0 heterocycles. The molecule has 0 saturated heterocycles. The van der Waals surface area contributed by atoms with Gasteiger partial charge in [0.25, 0.3) is 0 Å². The summed E-state index contributed by atoms with van der Waals surface area (Å²) in [7, 11) is 0. The number of unbranched alkanes of at least 4 members (excludes halogenated alkanes) is 1. The lowest BCUT2D eigenvalue weighted by atomic mass is 9.88. The van der Waals surface area contributed by atoms with Crippen molar-refractivity contribution in [3.8, 4) is 0 Å². The highest BCUT2D eigenvalue weighted by molar-refractivity contribution is 5.79. The minimum absolute atomic E-state index is 0.127. The van der Waals surface area contributed by atoms with E-state index in [1.807, 2.05) is 18.2 Å². The molecule has 1 nitrogen and oxygen atoms in total. The van der Waals surface area contributed by atoms with Crippen molar-refractivity contribution < 1.29 is 0 Å². The Balaban J connectivity index is 2.35. The van der Waals surface area contributed by atoms with Crippen molar-refractivity contribution in [2.24, 2.45) is 5.92 Å². The Morgan fingerprint density at radius 2 is 1.73 bits per heavy atom. The molecular weight excluding hydrogens is 482 g/mol. The summed E-state index contributed by atoms with van der Waals surface area (Å²) in [6, 6.07) is 17.4. The molecule has 0 aromatic heterocycles. The van der Waals surface area contributed by atoms with Crippen LogP contribution in [0.25, 0.3) is 5.57 Å². The Bertz CT molecular complexity index is 1220. The van der Waals surface area contributed by atoms with Crippen LogP contribution in [0.1, 0.15) is 76.5 Å². The van der Waals surface area contributed by atoms with Crippen molar-refractivity contribution in [1.82, 2.24) is 0 Å². The van der Waals surface area contributed by atoms with E-state index in [0.717, 1.165) is 31.4 Å². The van der Waals surface area contributed by atoms with Crippen LogP contribution in [0.3, 0.4) is 0 Å². The monoisotopic (exact) mass is 533 g/mol. The first-order valence-corrected chi connectivity index (χ1v) is 14.8. The van der Waals surface area contributed by atoms with Gasteiger partial charge in [-0.3, -0.25) is 0 Å². The lowest BCUT2D eigenvalue weighted by molar-refractivity contribution is 0.579. The fourth-order valence-electron chi connectivity index (χ4n) is 4.84. The summed E-state index contributed by atoms with van der Waals surface area (Å²) in [5.74, 6) is 0.512. The zero-order valence-corrected chi connectivity index (χ0v) is 25.8. The van der Waals surface area contributed by atoms with Crippen molar-refractivity contribution in [3.05, 3.63) is 145 Å². The molecule has 2 atom stereocenters. The summed E-state index contributed by atoms with van der Waals surface area (Å²) in [6.07, 6.45) is 18.9. The number of anilines is 1. The van der Waals surface area contributed by atoms with Gasteiger partial charge in [-0.1, -0.05) is 112 Å². The minimum atomic E-state index is 0.127. The molecule has 1 heteroatoms. The second-order valence-corrected chi connectivity index (χ2v) is 10.9. The minimum Gasteiger partial charge on any atom is -0.341 e. The molecule has 2 aromatic rings. The second-order valence-electron chi connectivity index (χ2n) is 10.9. The lowest BCUT2D eigenvalue weighted by Crippen LogP contribution is -2.26. The lowest BCUT2D eigenvalue weighted by Gasteiger charge is -2.27. The topological polar surface area (TPSA) is 3.24 Å². The molecule has 0 bridgehead atoms. The molecular formula is C39H51N. The number of hydrogen-bond donors (Lipinski definition) is 0. The molecule has 0 N–H and O–H groups in total. The Hall–Kier alpha value is -3.58. The zero-order valence-electron chi connectivity index (χ0n) is 25.8. The van der Waals surface area contributed by atoms with Gasteiger partial charge >= 0.3 is 0 Å². The highest BCUT2D eigenvalue weighted by atomic mass is 15.1. The van der Waals surface area contributed by atoms with E-state index >= 15 is 0 Å². The van der Waals surface area contributed by atoms with Gasteiger partial charge in [0, 0.05) is 17.9 Å². The summed E-state index contributed by atoms with van der Waals surface area (Å²) in [6.45, 7) is 27.8. The fraction of sp³-hybridized carbons (Fsp3) is 0.333. The Morgan fingerprint density at radius 1 is 1.00 bits per heavy atom. The molecule has 2 aromatic carbocycles. The summed E-state index contributed by atoms with van der Waals surface area (Å²) >= 11 is 0. The molecule has 0 aliphatic carbocycles. The molecule has 212 valence electrons. The average Bonchev–Trinajstić information content (AvgIpc) is 2.96. The van der Waals surface area contributed by atoms with Gasteiger partial charge < -0.3 is 4.90 Å². The van der Waals surface area contributed by atoms with Crippen LogP contribution in [0.4, 0.5) is 5.69 Å². The van der Waals surface area contributed by atoms with Crippen LogP contribution in [-0.4, -0.2) is 6.04 Å². The van der Waals surface area contributed by atoms with Crippen LogP contribution >= 0.6 is 0 Å². The summed E-state index contributed by atoms with van der Waals surface area (Å²) in [5.41, 5.74) is 9.98. The van der Waals surface area contributed by atoms with Crippen LogP contribution in [0.2, 0.25) is 0 Å². The average molecular weight is 534 g/mol. The third-order valence-electron chi connectivity index (χ3n) is 7.80. The standard InChI is InChI=1S/C39H51N/c1-10-13-19-30(4)31(5)22-23-32(6)35(9)39(37-20-16-15-17-21-37)27-24-34(8)40(28-14-11-2)38-26-25-36(18-12-3)33(7)29-38/h11-12,14-17,20-21,24-29,31,34H,2-4,6,10,13,18-19,22-23H2,1,5,7-9H3/b27-24-,28-14+,39-35-. The van der Waals surface area contributed by atoms with Gasteiger partial charge in [0.15, 0.2) is 0 Å². The molecule has 2 unspecified atom stereocenters. The Morgan fingerprint density at radius 3 is 2.35 bits per heavy atom. The van der Waals surface area contributed by atoms with E-state index in [-0.39, 0.29) is 6.04 Å².